The van der Waals surface area contributed by atoms with Gasteiger partial charge in [-0.05, 0) is 24.3 Å². The van der Waals surface area contributed by atoms with E-state index in [0.717, 1.165) is 11.8 Å². The SMILES string of the molecule is O=C1NC(=S)S/C1=C/c1coc2ccc(O)cc2c1=O. The minimum Gasteiger partial charge on any atom is -0.508 e. The zero-order chi connectivity index (χ0) is 14.3. The van der Waals surface area contributed by atoms with Crippen LogP contribution in [0.2, 0.25) is 0 Å². The summed E-state index contributed by atoms with van der Waals surface area (Å²) in [5, 5.41) is 12.1. The van der Waals surface area contributed by atoms with Crippen molar-refractivity contribution in [1.29, 1.82) is 0 Å². The molecule has 100 valence electrons. The predicted octanol–water partition coefficient (Wildman–Crippen LogP) is 1.99. The highest BCUT2D eigenvalue weighted by Crippen LogP contribution is 2.26. The topological polar surface area (TPSA) is 79.5 Å². The Morgan fingerprint density at radius 2 is 2.15 bits per heavy atom. The molecule has 1 saturated heterocycles. The van der Waals surface area contributed by atoms with Crippen LogP contribution < -0.4 is 10.7 Å². The van der Waals surface area contributed by atoms with Gasteiger partial charge in [-0.1, -0.05) is 24.0 Å². The third-order valence-electron chi connectivity index (χ3n) is 2.71. The zero-order valence-corrected chi connectivity index (χ0v) is 11.5. The molecular weight excluding hydrogens is 298 g/mol. The summed E-state index contributed by atoms with van der Waals surface area (Å²) in [5.41, 5.74) is 0.278. The molecule has 0 saturated carbocycles. The van der Waals surface area contributed by atoms with E-state index in [9.17, 15) is 14.7 Å². The lowest BCUT2D eigenvalue weighted by molar-refractivity contribution is -0.115. The van der Waals surface area contributed by atoms with Gasteiger partial charge >= 0.3 is 0 Å². The smallest absolute Gasteiger partial charge is 0.263 e. The first-order valence-corrected chi connectivity index (χ1v) is 6.76. The molecule has 20 heavy (non-hydrogen) atoms. The molecule has 1 fully saturated rings. The van der Waals surface area contributed by atoms with Crippen LogP contribution in [0.4, 0.5) is 0 Å². The van der Waals surface area contributed by atoms with E-state index in [1.807, 2.05) is 0 Å². The quantitative estimate of drug-likeness (QED) is 0.619. The van der Waals surface area contributed by atoms with Gasteiger partial charge in [0.25, 0.3) is 5.91 Å². The Kier molecular flexibility index (Phi) is 3.07. The van der Waals surface area contributed by atoms with Crippen LogP contribution in [0.25, 0.3) is 17.0 Å². The van der Waals surface area contributed by atoms with Gasteiger partial charge in [0, 0.05) is 0 Å². The second-order valence-electron chi connectivity index (χ2n) is 4.05. The van der Waals surface area contributed by atoms with Gasteiger partial charge in [-0.25, -0.2) is 0 Å². The molecule has 2 heterocycles. The van der Waals surface area contributed by atoms with E-state index in [1.165, 1.54) is 30.5 Å². The predicted molar refractivity (Wildman–Crippen MR) is 80.5 cm³/mol. The molecule has 0 bridgehead atoms. The van der Waals surface area contributed by atoms with Gasteiger partial charge in [-0.3, -0.25) is 9.59 Å². The minimum absolute atomic E-state index is 0.0243. The Morgan fingerprint density at radius 1 is 1.35 bits per heavy atom. The highest BCUT2D eigenvalue weighted by molar-refractivity contribution is 8.26. The molecule has 1 amide bonds. The van der Waals surface area contributed by atoms with Crippen molar-refractivity contribution in [3.63, 3.8) is 0 Å². The normalized spacial score (nSPS) is 16.9. The fourth-order valence-corrected chi connectivity index (χ4v) is 2.83. The molecule has 0 aliphatic carbocycles. The Bertz CT molecular complexity index is 838. The number of amides is 1. The van der Waals surface area contributed by atoms with Crippen molar-refractivity contribution in [2.75, 3.05) is 0 Å². The fraction of sp³-hybridized carbons (Fsp3) is 0. The summed E-state index contributed by atoms with van der Waals surface area (Å²) in [7, 11) is 0. The van der Waals surface area contributed by atoms with Crippen LogP contribution >= 0.6 is 24.0 Å². The summed E-state index contributed by atoms with van der Waals surface area (Å²) in [6.07, 6.45) is 2.71. The lowest BCUT2D eigenvalue weighted by atomic mass is 10.1. The minimum atomic E-state index is -0.338. The Balaban J connectivity index is 2.16. The van der Waals surface area contributed by atoms with Gasteiger partial charge in [0.1, 0.15) is 21.9 Å². The molecule has 2 N–H and O–H groups in total. The van der Waals surface area contributed by atoms with E-state index in [0.29, 0.717) is 14.8 Å². The van der Waals surface area contributed by atoms with Crippen LogP contribution in [0.15, 0.2) is 38.6 Å². The third-order valence-corrected chi connectivity index (χ3v) is 3.87. The molecule has 0 spiro atoms. The number of rotatable bonds is 1. The van der Waals surface area contributed by atoms with Crippen LogP contribution in [0.3, 0.4) is 0 Å². The number of phenols is 1. The number of benzene rings is 1. The van der Waals surface area contributed by atoms with Crippen molar-refractivity contribution in [2.45, 2.75) is 0 Å². The number of thiocarbonyl (C=S) groups is 1. The van der Waals surface area contributed by atoms with Gasteiger partial charge in [0.2, 0.25) is 0 Å². The molecule has 0 atom stereocenters. The maximum atomic E-state index is 12.3. The van der Waals surface area contributed by atoms with E-state index in [-0.39, 0.29) is 28.0 Å². The van der Waals surface area contributed by atoms with Gasteiger partial charge in [-0.15, -0.1) is 0 Å². The second kappa shape index (κ2) is 4.77. The molecule has 1 aliphatic heterocycles. The summed E-state index contributed by atoms with van der Waals surface area (Å²) in [6.45, 7) is 0. The molecule has 7 heteroatoms. The van der Waals surface area contributed by atoms with Crippen LogP contribution in [0.5, 0.6) is 5.75 Å². The van der Waals surface area contributed by atoms with E-state index in [4.69, 9.17) is 16.6 Å². The average molecular weight is 305 g/mol. The summed E-state index contributed by atoms with van der Waals surface area (Å²) in [4.78, 5) is 24.2. The van der Waals surface area contributed by atoms with Crippen LogP contribution in [-0.2, 0) is 4.79 Å². The lowest BCUT2D eigenvalue weighted by Crippen LogP contribution is -2.17. The van der Waals surface area contributed by atoms with Gasteiger partial charge in [0.15, 0.2) is 5.43 Å². The van der Waals surface area contributed by atoms with Crippen molar-refractivity contribution >= 4 is 51.3 Å². The van der Waals surface area contributed by atoms with Crippen LogP contribution in [-0.4, -0.2) is 15.3 Å². The number of aromatic hydroxyl groups is 1. The number of hydrogen-bond acceptors (Lipinski definition) is 6. The number of thioether (sulfide) groups is 1. The molecule has 1 aromatic heterocycles. The van der Waals surface area contributed by atoms with E-state index >= 15 is 0 Å². The highest BCUT2D eigenvalue weighted by atomic mass is 32.2. The summed E-state index contributed by atoms with van der Waals surface area (Å²) >= 11 is 5.96. The standard InChI is InChI=1S/C13H7NO4S2/c15-7-1-2-9-8(4-7)11(16)6(5-18-9)3-10-12(17)14-13(19)20-10/h1-5,15H,(H,14,17,19)/b10-3+. The average Bonchev–Trinajstić information content (AvgIpc) is 2.72. The maximum Gasteiger partial charge on any atom is 0.263 e. The monoisotopic (exact) mass is 305 g/mol. The maximum absolute atomic E-state index is 12.3. The van der Waals surface area contributed by atoms with Crippen LogP contribution in [0.1, 0.15) is 5.56 Å². The number of nitrogens with one attached hydrogen (secondary N) is 1. The molecule has 1 aromatic carbocycles. The van der Waals surface area contributed by atoms with Crippen LogP contribution in [0, 0.1) is 0 Å². The van der Waals surface area contributed by atoms with E-state index in [2.05, 4.69) is 5.32 Å². The summed E-state index contributed by atoms with van der Waals surface area (Å²) in [5.74, 6) is -0.362. The fourth-order valence-electron chi connectivity index (χ4n) is 1.80. The van der Waals surface area contributed by atoms with Crippen molar-refractivity contribution < 1.29 is 14.3 Å². The van der Waals surface area contributed by atoms with E-state index < -0.39 is 0 Å². The van der Waals surface area contributed by atoms with Gasteiger partial charge in [-0.2, -0.15) is 0 Å². The highest BCUT2D eigenvalue weighted by Gasteiger charge is 2.22. The van der Waals surface area contributed by atoms with Crippen molar-refractivity contribution in [2.24, 2.45) is 0 Å². The molecule has 2 aromatic rings. The zero-order valence-electron chi connectivity index (χ0n) is 9.88. The number of phenolic OH excluding ortho intramolecular Hbond substituents is 1. The Labute approximate surface area is 122 Å². The molecule has 1 aliphatic rings. The first-order chi connectivity index (χ1) is 9.54. The number of carbonyl (C=O) groups is 1. The number of fused-ring (bicyclic) bond motifs is 1. The second-order valence-corrected chi connectivity index (χ2v) is 5.77. The Hall–Kier alpha value is -2.12. The summed E-state index contributed by atoms with van der Waals surface area (Å²) in [6, 6.07) is 4.27. The molecule has 0 unspecified atom stereocenters. The summed E-state index contributed by atoms with van der Waals surface area (Å²) < 4.78 is 5.67. The van der Waals surface area contributed by atoms with Gasteiger partial charge in [0.05, 0.1) is 15.9 Å². The molecule has 3 rings (SSSR count). The number of hydrogen-bond donors (Lipinski definition) is 2. The molecular formula is C13H7NO4S2. The van der Waals surface area contributed by atoms with Crippen molar-refractivity contribution in [3.8, 4) is 5.75 Å². The first-order valence-electron chi connectivity index (χ1n) is 5.54. The van der Waals surface area contributed by atoms with Gasteiger partial charge < -0.3 is 14.8 Å². The molecule has 0 radical (unpaired) electrons. The third kappa shape index (κ3) is 2.21. The largest absolute Gasteiger partial charge is 0.508 e. The first kappa shape index (κ1) is 12.9. The lowest BCUT2D eigenvalue weighted by Gasteiger charge is -1.99. The van der Waals surface area contributed by atoms with E-state index in [1.54, 1.807) is 0 Å². The number of carbonyl (C=O) groups excluding carboxylic acids is 1. The Morgan fingerprint density at radius 3 is 2.85 bits per heavy atom. The molecule has 5 nitrogen and oxygen atoms in total. The van der Waals surface area contributed by atoms with Crippen molar-refractivity contribution in [1.82, 2.24) is 5.32 Å². The van der Waals surface area contributed by atoms with Crippen molar-refractivity contribution in [3.05, 3.63) is 45.2 Å².